The van der Waals surface area contributed by atoms with E-state index < -0.39 is 14.8 Å². The van der Waals surface area contributed by atoms with E-state index >= 15 is 0 Å². The molecule has 0 aromatic heterocycles. The van der Waals surface area contributed by atoms with Crippen molar-refractivity contribution in [1.82, 2.24) is 4.89 Å². The van der Waals surface area contributed by atoms with Gasteiger partial charge in [0.2, 0.25) is 10.0 Å². The van der Waals surface area contributed by atoms with Crippen molar-refractivity contribution in [2.45, 2.75) is 31.9 Å². The van der Waals surface area contributed by atoms with E-state index in [-0.39, 0.29) is 0 Å². The van der Waals surface area contributed by atoms with Crippen LogP contribution >= 0.6 is 0 Å². The molecule has 0 heterocycles. The lowest BCUT2D eigenvalue weighted by Crippen LogP contribution is -2.42. The molecule has 0 saturated carbocycles. The molecule has 0 spiro atoms. The van der Waals surface area contributed by atoms with Crippen molar-refractivity contribution >= 4 is 10.0 Å². The fraction of sp³-hybridized carbons (Fsp3) is 0.556. The molecule has 1 aliphatic carbocycles. The van der Waals surface area contributed by atoms with Gasteiger partial charge in [0.15, 0.2) is 0 Å². The molecule has 1 atom stereocenters. The van der Waals surface area contributed by atoms with E-state index in [0.29, 0.717) is 6.42 Å². The summed E-state index contributed by atoms with van der Waals surface area (Å²) >= 11 is 0. The van der Waals surface area contributed by atoms with Crippen LogP contribution in [0.1, 0.15) is 27.2 Å². The Hall–Kier alpha value is -0.650. The summed E-state index contributed by atoms with van der Waals surface area (Å²) in [5.41, 5.74) is 1.89. The second-order valence-corrected chi connectivity index (χ2v) is 6.09. The molecule has 0 bridgehead atoms. The lowest BCUT2D eigenvalue weighted by Gasteiger charge is -2.28. The van der Waals surface area contributed by atoms with Gasteiger partial charge in [-0.2, -0.15) is 0 Å². The van der Waals surface area contributed by atoms with Crippen LogP contribution in [0.15, 0.2) is 23.3 Å². The average molecular weight is 217 g/mol. The van der Waals surface area contributed by atoms with E-state index in [9.17, 15) is 8.42 Å². The Morgan fingerprint density at radius 3 is 2.50 bits per heavy atom. The van der Waals surface area contributed by atoms with Crippen LogP contribution < -0.4 is 4.89 Å². The third kappa shape index (κ3) is 1.89. The molecule has 80 valence electrons. The van der Waals surface area contributed by atoms with Crippen LogP contribution in [0.3, 0.4) is 0 Å². The summed E-state index contributed by atoms with van der Waals surface area (Å²) in [7, 11) is -3.70. The van der Waals surface area contributed by atoms with E-state index in [4.69, 9.17) is 5.21 Å². The Balaban J connectivity index is 3.18. The molecule has 1 rings (SSSR count). The van der Waals surface area contributed by atoms with E-state index in [1.807, 2.05) is 19.9 Å². The van der Waals surface area contributed by atoms with Gasteiger partial charge in [-0.05, 0) is 27.2 Å². The Labute approximate surface area is 84.3 Å². The van der Waals surface area contributed by atoms with Crippen LogP contribution in [-0.2, 0) is 10.0 Å². The van der Waals surface area contributed by atoms with Gasteiger partial charge in [-0.3, -0.25) is 0 Å². The molecule has 0 aromatic rings. The first-order valence-electron chi connectivity index (χ1n) is 4.33. The molecule has 4 nitrogen and oxygen atoms in total. The van der Waals surface area contributed by atoms with Crippen LogP contribution in [0, 0.1) is 0 Å². The van der Waals surface area contributed by atoms with Crippen LogP contribution in [0.2, 0.25) is 0 Å². The van der Waals surface area contributed by atoms with E-state index in [1.54, 1.807) is 13.0 Å². The maximum Gasteiger partial charge on any atom is 0.242 e. The first kappa shape index (κ1) is 11.4. The van der Waals surface area contributed by atoms with Crippen LogP contribution in [0.25, 0.3) is 0 Å². The Morgan fingerprint density at radius 2 is 2.07 bits per heavy atom. The van der Waals surface area contributed by atoms with Crippen molar-refractivity contribution in [2.24, 2.45) is 0 Å². The fourth-order valence-electron chi connectivity index (χ4n) is 1.84. The lowest BCUT2D eigenvalue weighted by atomic mass is 9.92. The summed E-state index contributed by atoms with van der Waals surface area (Å²) in [6.45, 7) is 5.31. The van der Waals surface area contributed by atoms with Crippen LogP contribution in [0.4, 0.5) is 0 Å². The van der Waals surface area contributed by atoms with Crippen molar-refractivity contribution in [3.05, 3.63) is 23.3 Å². The summed E-state index contributed by atoms with van der Waals surface area (Å²) in [5.74, 6) is 0. The van der Waals surface area contributed by atoms with E-state index in [1.165, 1.54) is 4.89 Å². The van der Waals surface area contributed by atoms with Gasteiger partial charge >= 0.3 is 0 Å². The van der Waals surface area contributed by atoms with Crippen LogP contribution in [-0.4, -0.2) is 18.4 Å². The van der Waals surface area contributed by atoms with E-state index in [0.717, 1.165) is 11.1 Å². The quantitative estimate of drug-likeness (QED) is 0.686. The minimum absolute atomic E-state index is 0.403. The topological polar surface area (TPSA) is 66.4 Å². The SMILES string of the molecule is CC1=CC(C)(S(=O)(=O)NO)CC(C)=C1. The summed E-state index contributed by atoms with van der Waals surface area (Å²) in [6, 6.07) is 0. The summed E-state index contributed by atoms with van der Waals surface area (Å²) < 4.78 is 22.0. The van der Waals surface area contributed by atoms with Gasteiger partial charge < -0.3 is 5.21 Å². The van der Waals surface area contributed by atoms with Gasteiger partial charge in [0.25, 0.3) is 0 Å². The van der Waals surface area contributed by atoms with Gasteiger partial charge in [-0.15, -0.1) is 0 Å². The molecule has 0 aromatic carbocycles. The smallest absolute Gasteiger partial charge is 0.242 e. The number of hydrogen-bond donors (Lipinski definition) is 2. The molecular weight excluding hydrogens is 202 g/mol. The number of rotatable bonds is 2. The maximum absolute atomic E-state index is 11.5. The zero-order valence-corrected chi connectivity index (χ0v) is 9.35. The predicted octanol–water partition coefficient (Wildman–Crippen LogP) is 1.35. The van der Waals surface area contributed by atoms with Crippen molar-refractivity contribution in [3.8, 4) is 0 Å². The Bertz CT molecular complexity index is 394. The monoisotopic (exact) mass is 217 g/mol. The lowest BCUT2D eigenvalue weighted by molar-refractivity contribution is 0.239. The molecule has 0 radical (unpaired) electrons. The van der Waals surface area contributed by atoms with Gasteiger partial charge in [-0.1, -0.05) is 28.2 Å². The van der Waals surface area contributed by atoms with Crippen molar-refractivity contribution in [2.75, 3.05) is 0 Å². The van der Waals surface area contributed by atoms with Crippen molar-refractivity contribution < 1.29 is 13.6 Å². The molecule has 0 saturated heterocycles. The molecule has 0 aliphatic heterocycles. The highest BCUT2D eigenvalue weighted by molar-refractivity contribution is 7.90. The second kappa shape index (κ2) is 3.49. The van der Waals surface area contributed by atoms with Gasteiger partial charge in [-0.25, -0.2) is 8.42 Å². The number of hydrogen-bond acceptors (Lipinski definition) is 3. The molecule has 0 fully saturated rings. The summed E-state index contributed by atoms with van der Waals surface area (Å²) in [5, 5.41) is 8.60. The number of nitrogens with one attached hydrogen (secondary N) is 1. The van der Waals surface area contributed by atoms with Crippen molar-refractivity contribution in [1.29, 1.82) is 0 Å². The van der Waals surface area contributed by atoms with E-state index in [2.05, 4.69) is 0 Å². The molecular formula is C9H15NO3S. The normalized spacial score (nSPS) is 28.3. The first-order valence-corrected chi connectivity index (χ1v) is 5.81. The fourth-order valence-corrected chi connectivity index (χ4v) is 2.81. The highest BCUT2D eigenvalue weighted by Gasteiger charge is 2.38. The number of allylic oxidation sites excluding steroid dienone is 3. The zero-order valence-electron chi connectivity index (χ0n) is 8.53. The molecule has 14 heavy (non-hydrogen) atoms. The standard InChI is InChI=1S/C9H15NO3S/c1-7-4-8(2)6-9(3,5-7)14(12,13)10-11/h4-5,10-11H,6H2,1-3H3. The van der Waals surface area contributed by atoms with Gasteiger partial charge in [0, 0.05) is 0 Å². The summed E-state index contributed by atoms with van der Waals surface area (Å²) in [4.78, 5) is 1.39. The molecule has 0 amide bonds. The molecule has 2 N–H and O–H groups in total. The highest BCUT2D eigenvalue weighted by Crippen LogP contribution is 2.31. The third-order valence-electron chi connectivity index (χ3n) is 2.37. The second-order valence-electron chi connectivity index (χ2n) is 3.96. The predicted molar refractivity (Wildman–Crippen MR) is 54.4 cm³/mol. The van der Waals surface area contributed by atoms with Gasteiger partial charge in [0.1, 0.15) is 4.75 Å². The number of sulfonamides is 1. The third-order valence-corrected chi connectivity index (χ3v) is 4.10. The average Bonchev–Trinajstić information content (AvgIpc) is 2.01. The largest absolute Gasteiger partial charge is 0.302 e. The highest BCUT2D eigenvalue weighted by atomic mass is 32.2. The first-order chi connectivity index (χ1) is 6.31. The zero-order chi connectivity index (χ0) is 11.0. The molecule has 5 heteroatoms. The van der Waals surface area contributed by atoms with Crippen molar-refractivity contribution in [3.63, 3.8) is 0 Å². The Morgan fingerprint density at radius 1 is 1.50 bits per heavy atom. The minimum atomic E-state index is -3.70. The maximum atomic E-state index is 11.5. The molecule has 1 unspecified atom stereocenters. The van der Waals surface area contributed by atoms with Gasteiger partial charge in [0.05, 0.1) is 0 Å². The Kier molecular flexibility index (Phi) is 2.85. The molecule has 1 aliphatic rings. The minimum Gasteiger partial charge on any atom is -0.302 e. The van der Waals surface area contributed by atoms with Crippen LogP contribution in [0.5, 0.6) is 0 Å². The summed E-state index contributed by atoms with van der Waals surface area (Å²) in [6.07, 6.45) is 3.99.